The van der Waals surface area contributed by atoms with Gasteiger partial charge in [0, 0.05) is 10.8 Å². The van der Waals surface area contributed by atoms with Crippen molar-refractivity contribution in [1.82, 2.24) is 0 Å². The van der Waals surface area contributed by atoms with Gasteiger partial charge in [-0.05, 0) is 284 Å². The van der Waals surface area contributed by atoms with Crippen LogP contribution < -0.4 is 0 Å². The predicted molar refractivity (Wildman–Crippen MR) is 372 cm³/mol. The molecule has 0 amide bonds. The molecule has 0 aromatic heterocycles. The molecule has 0 bridgehead atoms. The lowest BCUT2D eigenvalue weighted by molar-refractivity contribution is 0.580. The van der Waals surface area contributed by atoms with E-state index in [0.29, 0.717) is 0 Å². The van der Waals surface area contributed by atoms with Crippen LogP contribution in [-0.2, 0) is 32.5 Å². The summed E-state index contributed by atoms with van der Waals surface area (Å²) in [6.07, 6.45) is 0. The van der Waals surface area contributed by atoms with Crippen LogP contribution in [0.5, 0.6) is 0 Å². The third-order valence-corrected chi connectivity index (χ3v) is 20.9. The zero-order chi connectivity index (χ0) is 59.9. The number of rotatable bonds is 3. The summed E-state index contributed by atoms with van der Waals surface area (Å²) >= 11 is 0. The monoisotopic (exact) mass is 1100 g/mol. The smallest absolute Gasteiger partial charge is 0.0159 e. The largest absolute Gasteiger partial charge is 0.0616 e. The van der Waals surface area contributed by atoms with E-state index in [1.54, 1.807) is 0 Å². The highest BCUT2D eigenvalue weighted by Gasteiger charge is 2.41. The summed E-state index contributed by atoms with van der Waals surface area (Å²) in [6.45, 7) is 45.1. The highest BCUT2D eigenvalue weighted by atomic mass is 14.4. The van der Waals surface area contributed by atoms with Gasteiger partial charge in [-0.3, -0.25) is 0 Å². The van der Waals surface area contributed by atoms with Crippen molar-refractivity contribution in [3.63, 3.8) is 0 Å². The van der Waals surface area contributed by atoms with Gasteiger partial charge >= 0.3 is 0 Å². The number of hydrogen-bond donors (Lipinski definition) is 0. The first-order chi connectivity index (χ1) is 39.9. The average Bonchev–Trinajstić information content (AvgIpc) is 1.68. The molecular weight excluding hydrogens is 1020 g/mol. The first-order valence-electron chi connectivity index (χ1n) is 31.5. The molecule has 0 radical (unpaired) electrons. The normalized spacial score (nSPS) is 15.0. The van der Waals surface area contributed by atoms with Crippen molar-refractivity contribution in [2.24, 2.45) is 0 Å². The van der Waals surface area contributed by atoms with E-state index in [-0.39, 0.29) is 32.5 Å². The highest BCUT2D eigenvalue weighted by Crippen LogP contribution is 2.57. The van der Waals surface area contributed by atoms with Gasteiger partial charge in [0.05, 0.1) is 0 Å². The molecule has 422 valence electrons. The zero-order valence-electron chi connectivity index (χ0n) is 53.9. The predicted octanol–water partition coefficient (Wildman–Crippen LogP) is 24.4. The summed E-state index contributed by atoms with van der Waals surface area (Å²) in [4.78, 5) is 0. The van der Waals surface area contributed by atoms with Crippen LogP contribution in [0.4, 0.5) is 0 Å². The Morgan fingerprint density at radius 2 is 0.624 bits per heavy atom. The lowest BCUT2D eigenvalue weighted by Crippen LogP contribution is -2.19. The van der Waals surface area contributed by atoms with E-state index in [1.807, 2.05) is 0 Å². The molecule has 0 aliphatic heterocycles. The van der Waals surface area contributed by atoms with E-state index >= 15 is 0 Å². The third-order valence-electron chi connectivity index (χ3n) is 20.9. The van der Waals surface area contributed by atoms with Crippen LogP contribution >= 0.6 is 0 Å². The molecule has 2 aliphatic carbocycles. The number of hydrogen-bond acceptors (Lipinski definition) is 0. The summed E-state index contributed by atoms with van der Waals surface area (Å²) in [7, 11) is 0. The molecule has 0 spiro atoms. The van der Waals surface area contributed by atoms with Gasteiger partial charge < -0.3 is 0 Å². The van der Waals surface area contributed by atoms with Crippen molar-refractivity contribution in [3.05, 3.63) is 213 Å². The first-order valence-corrected chi connectivity index (χ1v) is 31.5. The fourth-order valence-electron chi connectivity index (χ4n) is 16.4. The van der Waals surface area contributed by atoms with Crippen molar-refractivity contribution < 1.29 is 0 Å². The Bertz CT molecular complexity index is 5070. The summed E-state index contributed by atoms with van der Waals surface area (Å²) in [5, 5.41) is 18.6. The molecule has 85 heavy (non-hydrogen) atoms. The molecule has 2 aliphatic rings. The van der Waals surface area contributed by atoms with Gasteiger partial charge in [-0.2, -0.15) is 0 Å². The molecular formula is C85H82. The summed E-state index contributed by atoms with van der Waals surface area (Å²) in [6, 6.07) is 61.9. The van der Waals surface area contributed by atoms with E-state index in [9.17, 15) is 0 Å². The molecule has 0 heteroatoms. The fraction of sp³-hybridized carbons (Fsp3) is 0.294. The van der Waals surface area contributed by atoms with Crippen LogP contribution in [0.25, 0.3) is 131 Å². The van der Waals surface area contributed by atoms with Crippen LogP contribution in [0.15, 0.2) is 152 Å². The molecule has 0 fully saturated rings. The van der Waals surface area contributed by atoms with Crippen LogP contribution in [0.1, 0.15) is 172 Å². The van der Waals surface area contributed by atoms with E-state index in [0.717, 1.165) is 0 Å². The van der Waals surface area contributed by atoms with Crippen LogP contribution in [0.2, 0.25) is 0 Å². The average molecular weight is 1100 g/mol. The second kappa shape index (κ2) is 17.2. The van der Waals surface area contributed by atoms with Crippen molar-refractivity contribution in [2.45, 2.75) is 164 Å². The zero-order valence-corrected chi connectivity index (χ0v) is 53.9. The quantitative estimate of drug-likeness (QED) is 0.155. The summed E-state index contributed by atoms with van der Waals surface area (Å²) in [5.41, 5.74) is 28.2. The van der Waals surface area contributed by atoms with E-state index in [1.165, 1.54) is 192 Å². The summed E-state index contributed by atoms with van der Waals surface area (Å²) < 4.78 is 0. The molecule has 0 unspecified atom stereocenters. The Morgan fingerprint density at radius 3 is 1.04 bits per heavy atom. The minimum absolute atomic E-state index is 0.0556. The maximum absolute atomic E-state index is 2.61. The van der Waals surface area contributed by atoms with Gasteiger partial charge in [0.15, 0.2) is 0 Å². The lowest BCUT2D eigenvalue weighted by atomic mass is 9.75. The Kier molecular flexibility index (Phi) is 10.9. The molecule has 15 rings (SSSR count). The van der Waals surface area contributed by atoms with Gasteiger partial charge in [0.1, 0.15) is 0 Å². The minimum atomic E-state index is -0.139. The Labute approximate surface area is 505 Å². The molecule has 0 saturated heterocycles. The third kappa shape index (κ3) is 7.65. The summed E-state index contributed by atoms with van der Waals surface area (Å²) in [5.74, 6) is 0. The van der Waals surface area contributed by atoms with Crippen molar-refractivity contribution in [1.29, 1.82) is 0 Å². The first kappa shape index (κ1) is 53.9. The van der Waals surface area contributed by atoms with E-state index in [2.05, 4.69) is 283 Å². The van der Waals surface area contributed by atoms with Gasteiger partial charge in [-0.1, -0.05) is 213 Å². The number of aryl methyl sites for hydroxylation is 3. The Balaban J connectivity index is 1.07. The molecule has 13 aromatic rings. The van der Waals surface area contributed by atoms with Crippen LogP contribution in [0.3, 0.4) is 0 Å². The fourth-order valence-corrected chi connectivity index (χ4v) is 16.4. The lowest BCUT2D eigenvalue weighted by Gasteiger charge is -2.29. The maximum Gasteiger partial charge on any atom is 0.0159 e. The van der Waals surface area contributed by atoms with Crippen molar-refractivity contribution in [2.75, 3.05) is 0 Å². The molecule has 0 atom stereocenters. The Hall–Kier alpha value is -7.80. The Morgan fingerprint density at radius 1 is 0.271 bits per heavy atom. The van der Waals surface area contributed by atoms with E-state index in [4.69, 9.17) is 0 Å². The second-order valence-corrected chi connectivity index (χ2v) is 31.6. The number of fused-ring (bicyclic) bond motifs is 15. The van der Waals surface area contributed by atoms with Gasteiger partial charge in [-0.25, -0.2) is 0 Å². The standard InChI is InChI=1S/C85H82/c1-45-30-46(2)77(47(3)31-45)48-24-27-55-60(32-48)70-42-62-61(68-36-50(34-66(55)79(68)70)59-40-64-57-29-26-52(81(7,8)9)38-74(57)85(18,19)76(64)44-72(59)83(13,14)15)41-69-54-23-21-20-22-53(54)65-33-49(35-67(62)78(65)69)58-39-63-56-28-25-51(80(4,5)6)37-73(56)84(16,17)75(63)43-71(58)82(10,11)12/h20-44H,1-19H3. The SMILES string of the molecule is Cc1cc(C)c(-c2ccc3c(c2)c2cc4c(cc5c6ccccc6c6cc(-c7cc8c(cc7C(C)(C)C)C(C)(C)c7cc(C(C)(C)C)ccc7-8)cc4c65)c4cc(-c5cc6c(cc5C(C)(C)C)C(C)(C)c5cc(C(C)(C)C)ccc5-6)cc3c42)c(C)c1. The maximum atomic E-state index is 2.61. The van der Waals surface area contributed by atoms with E-state index < -0.39 is 0 Å². The van der Waals surface area contributed by atoms with Crippen LogP contribution in [-0.4, -0.2) is 0 Å². The van der Waals surface area contributed by atoms with Gasteiger partial charge in [-0.15, -0.1) is 0 Å². The van der Waals surface area contributed by atoms with Crippen LogP contribution in [0, 0.1) is 20.8 Å². The molecule has 0 nitrogen and oxygen atoms in total. The molecule has 0 N–H and O–H groups in total. The number of benzene rings is 11. The molecule has 0 heterocycles. The van der Waals surface area contributed by atoms with Gasteiger partial charge in [0.2, 0.25) is 0 Å². The van der Waals surface area contributed by atoms with Gasteiger partial charge in [0.25, 0.3) is 0 Å². The minimum Gasteiger partial charge on any atom is -0.0616 e. The molecule has 13 aromatic carbocycles. The van der Waals surface area contributed by atoms with Crippen molar-refractivity contribution >= 4 is 75.4 Å². The highest BCUT2D eigenvalue weighted by molar-refractivity contribution is 6.42. The second-order valence-electron chi connectivity index (χ2n) is 31.6. The molecule has 0 saturated carbocycles. The topological polar surface area (TPSA) is 0 Å². The van der Waals surface area contributed by atoms with Crippen molar-refractivity contribution in [3.8, 4) is 55.6 Å².